The molecule has 1 aliphatic rings. The van der Waals surface area contributed by atoms with Crippen molar-refractivity contribution in [2.75, 3.05) is 6.54 Å². The van der Waals surface area contributed by atoms with Crippen molar-refractivity contribution in [1.82, 2.24) is 14.8 Å². The Balaban J connectivity index is 1.63. The number of carbonyl (C=O) groups excluding carboxylic acids is 1. The molecule has 7 nitrogen and oxygen atoms in total. The first kappa shape index (κ1) is 17.6. The van der Waals surface area contributed by atoms with E-state index in [0.29, 0.717) is 18.7 Å². The molecule has 1 aliphatic heterocycles. The molecule has 0 radical (unpaired) electrons. The number of hydrogen-bond acceptors (Lipinski definition) is 5. The molecule has 1 saturated heterocycles. The number of hydrogen-bond donors (Lipinski definition) is 1. The van der Waals surface area contributed by atoms with Crippen LogP contribution in [0.15, 0.2) is 33.7 Å². The average Bonchev–Trinajstić information content (AvgIpc) is 3.13. The van der Waals surface area contributed by atoms with E-state index in [9.17, 15) is 13.2 Å². The summed E-state index contributed by atoms with van der Waals surface area (Å²) in [6, 6.07) is 7.58. The lowest BCUT2D eigenvalue weighted by Gasteiger charge is -2.15. The van der Waals surface area contributed by atoms with E-state index in [-0.39, 0.29) is 23.1 Å². The van der Waals surface area contributed by atoms with Gasteiger partial charge in [-0.1, -0.05) is 29.4 Å². The van der Waals surface area contributed by atoms with E-state index in [1.54, 1.807) is 13.8 Å². The predicted octanol–water partition coefficient (Wildman–Crippen LogP) is 1.89. The molecule has 2 heterocycles. The van der Waals surface area contributed by atoms with Crippen LogP contribution in [0.25, 0.3) is 0 Å². The maximum absolute atomic E-state index is 12.4. The number of amides is 1. The van der Waals surface area contributed by atoms with Gasteiger partial charge in [0.25, 0.3) is 0 Å². The Morgan fingerprint density at radius 3 is 2.44 bits per heavy atom. The van der Waals surface area contributed by atoms with Gasteiger partial charge in [-0.15, -0.1) is 0 Å². The molecule has 134 valence electrons. The second-order valence-electron chi connectivity index (χ2n) is 6.21. The highest BCUT2D eigenvalue weighted by Gasteiger charge is 2.24. The van der Waals surface area contributed by atoms with E-state index in [2.05, 4.69) is 9.88 Å². The fourth-order valence-electron chi connectivity index (χ4n) is 2.96. The molecule has 1 N–H and O–H groups in total. The summed E-state index contributed by atoms with van der Waals surface area (Å²) in [5, 5.41) is 3.68. The van der Waals surface area contributed by atoms with E-state index in [4.69, 9.17) is 4.52 Å². The second kappa shape index (κ2) is 6.97. The van der Waals surface area contributed by atoms with Crippen molar-refractivity contribution >= 4 is 15.9 Å². The summed E-state index contributed by atoms with van der Waals surface area (Å²) in [6.07, 6.45) is 1.54. The number of likely N-dealkylation sites (tertiary alicyclic amines) is 1. The molecule has 3 rings (SSSR count). The molecule has 0 atom stereocenters. The van der Waals surface area contributed by atoms with E-state index in [0.717, 1.165) is 24.1 Å². The number of aryl methyl sites for hydroxylation is 2. The predicted molar refractivity (Wildman–Crippen MR) is 91.1 cm³/mol. The van der Waals surface area contributed by atoms with Crippen LogP contribution < -0.4 is 4.72 Å². The van der Waals surface area contributed by atoms with Crippen LogP contribution in [0.1, 0.15) is 35.4 Å². The van der Waals surface area contributed by atoms with Crippen molar-refractivity contribution in [3.8, 4) is 0 Å². The first-order valence-corrected chi connectivity index (χ1v) is 9.63. The quantitative estimate of drug-likeness (QED) is 0.846. The molecule has 0 saturated carbocycles. The normalized spacial score (nSPS) is 15.1. The van der Waals surface area contributed by atoms with Crippen molar-refractivity contribution < 1.29 is 17.7 Å². The molecule has 0 spiro atoms. The molecular weight excluding hydrogens is 342 g/mol. The number of benzene rings is 1. The Morgan fingerprint density at radius 2 is 1.88 bits per heavy atom. The molecule has 0 aliphatic carbocycles. The number of nitrogens with one attached hydrogen (secondary N) is 1. The van der Waals surface area contributed by atoms with Crippen LogP contribution in [0, 0.1) is 13.8 Å². The number of carbonyl (C=O) groups is 1. The van der Waals surface area contributed by atoms with E-state index < -0.39 is 10.0 Å². The monoisotopic (exact) mass is 363 g/mol. The third-order valence-corrected chi connectivity index (χ3v) is 5.92. The molecule has 25 heavy (non-hydrogen) atoms. The zero-order valence-corrected chi connectivity index (χ0v) is 15.1. The van der Waals surface area contributed by atoms with Crippen molar-refractivity contribution in [2.45, 2.75) is 44.7 Å². The average molecular weight is 363 g/mol. The van der Waals surface area contributed by atoms with Gasteiger partial charge in [0, 0.05) is 26.1 Å². The van der Waals surface area contributed by atoms with Crippen molar-refractivity contribution in [1.29, 1.82) is 0 Å². The number of sulfonamides is 1. The fourth-order valence-corrected chi connectivity index (χ4v) is 4.31. The topological polar surface area (TPSA) is 92.5 Å². The lowest BCUT2D eigenvalue weighted by Crippen LogP contribution is -2.24. The van der Waals surface area contributed by atoms with Gasteiger partial charge in [-0.2, -0.15) is 0 Å². The van der Waals surface area contributed by atoms with Crippen LogP contribution in [-0.4, -0.2) is 30.9 Å². The minimum Gasteiger partial charge on any atom is -0.360 e. The minimum atomic E-state index is -3.67. The minimum absolute atomic E-state index is 0.0941. The van der Waals surface area contributed by atoms with Crippen LogP contribution in [0.4, 0.5) is 0 Å². The molecular formula is C17H21N3O4S. The number of aromatic nitrogens is 1. The molecule has 1 aromatic carbocycles. The Bertz CT molecular complexity index is 852. The Hall–Kier alpha value is -2.19. The standard InChI is InChI=1S/C17H21N3O4S/c1-12-17(13(2)24-19-12)25(22,23)18-10-14-5-7-15(8-6-14)11-20-9-3-4-16(20)21/h5-8,18H,3-4,9-11H2,1-2H3. The highest BCUT2D eigenvalue weighted by atomic mass is 32.2. The van der Waals surface area contributed by atoms with Gasteiger partial charge >= 0.3 is 0 Å². The first-order valence-electron chi connectivity index (χ1n) is 8.15. The lowest BCUT2D eigenvalue weighted by molar-refractivity contribution is -0.128. The molecule has 2 aromatic rings. The van der Waals surface area contributed by atoms with Crippen LogP contribution in [0.2, 0.25) is 0 Å². The van der Waals surface area contributed by atoms with E-state index >= 15 is 0 Å². The van der Waals surface area contributed by atoms with Gasteiger partial charge in [-0.25, -0.2) is 13.1 Å². The first-order chi connectivity index (χ1) is 11.9. The zero-order chi connectivity index (χ0) is 18.0. The van der Waals surface area contributed by atoms with Crippen LogP contribution in [0.5, 0.6) is 0 Å². The summed E-state index contributed by atoms with van der Waals surface area (Å²) in [7, 11) is -3.67. The lowest BCUT2D eigenvalue weighted by atomic mass is 10.1. The molecule has 8 heteroatoms. The summed E-state index contributed by atoms with van der Waals surface area (Å²) in [5.74, 6) is 0.465. The largest absolute Gasteiger partial charge is 0.360 e. The summed E-state index contributed by atoms with van der Waals surface area (Å²) in [5.41, 5.74) is 2.22. The van der Waals surface area contributed by atoms with Crippen LogP contribution in [-0.2, 0) is 27.9 Å². The van der Waals surface area contributed by atoms with Gasteiger partial charge < -0.3 is 9.42 Å². The zero-order valence-electron chi connectivity index (χ0n) is 14.3. The number of nitrogens with zero attached hydrogens (tertiary/aromatic N) is 2. The number of rotatable bonds is 6. The molecule has 1 fully saturated rings. The van der Waals surface area contributed by atoms with Crippen LogP contribution in [0.3, 0.4) is 0 Å². The Labute approximate surface area is 147 Å². The Kier molecular flexibility index (Phi) is 4.91. The van der Waals surface area contributed by atoms with Crippen molar-refractivity contribution in [3.63, 3.8) is 0 Å². The van der Waals surface area contributed by atoms with Gasteiger partial charge in [-0.05, 0) is 31.4 Å². The molecule has 0 bridgehead atoms. The molecule has 1 amide bonds. The van der Waals surface area contributed by atoms with Crippen molar-refractivity contribution in [3.05, 3.63) is 46.8 Å². The fraction of sp³-hybridized carbons (Fsp3) is 0.412. The van der Waals surface area contributed by atoms with E-state index in [1.807, 2.05) is 29.2 Å². The third-order valence-electron chi connectivity index (χ3n) is 4.27. The summed E-state index contributed by atoms with van der Waals surface area (Å²) in [6.45, 7) is 4.75. The molecule has 0 unspecified atom stereocenters. The smallest absolute Gasteiger partial charge is 0.246 e. The van der Waals surface area contributed by atoms with Gasteiger partial charge in [0.05, 0.1) is 0 Å². The third kappa shape index (κ3) is 3.91. The second-order valence-corrected chi connectivity index (χ2v) is 7.92. The summed E-state index contributed by atoms with van der Waals surface area (Å²) in [4.78, 5) is 13.6. The maximum atomic E-state index is 12.4. The summed E-state index contributed by atoms with van der Waals surface area (Å²) < 4.78 is 32.3. The van der Waals surface area contributed by atoms with Gasteiger partial charge in [0.1, 0.15) is 10.6 Å². The summed E-state index contributed by atoms with van der Waals surface area (Å²) >= 11 is 0. The Morgan fingerprint density at radius 1 is 1.20 bits per heavy atom. The highest BCUT2D eigenvalue weighted by Crippen LogP contribution is 2.19. The van der Waals surface area contributed by atoms with Crippen LogP contribution >= 0.6 is 0 Å². The molecule has 1 aromatic heterocycles. The van der Waals surface area contributed by atoms with Gasteiger partial charge in [0.2, 0.25) is 15.9 Å². The maximum Gasteiger partial charge on any atom is 0.246 e. The van der Waals surface area contributed by atoms with Gasteiger partial charge in [-0.3, -0.25) is 4.79 Å². The van der Waals surface area contributed by atoms with E-state index in [1.165, 1.54) is 0 Å². The highest BCUT2D eigenvalue weighted by molar-refractivity contribution is 7.89. The SMILES string of the molecule is Cc1noc(C)c1S(=O)(=O)NCc1ccc(CN2CCCC2=O)cc1. The van der Waals surface area contributed by atoms with Gasteiger partial charge in [0.15, 0.2) is 5.76 Å². The van der Waals surface area contributed by atoms with Crippen molar-refractivity contribution in [2.24, 2.45) is 0 Å².